The van der Waals surface area contributed by atoms with Gasteiger partial charge in [0.1, 0.15) is 5.52 Å². The van der Waals surface area contributed by atoms with Crippen LogP contribution in [0.4, 0.5) is 11.6 Å². The molecule has 146 valence electrons. The lowest BCUT2D eigenvalue weighted by molar-refractivity contribution is -0.120. The number of benzene rings is 1. The summed E-state index contributed by atoms with van der Waals surface area (Å²) in [5.74, 6) is 1.46. The summed E-state index contributed by atoms with van der Waals surface area (Å²) in [5.41, 5.74) is 2.09. The van der Waals surface area contributed by atoms with Crippen LogP contribution in [0.15, 0.2) is 41.1 Å². The van der Waals surface area contributed by atoms with E-state index in [1.807, 2.05) is 18.2 Å². The third-order valence-electron chi connectivity index (χ3n) is 5.00. The molecule has 0 radical (unpaired) electrons. The molecule has 0 saturated carbocycles. The topological polar surface area (TPSA) is 84.2 Å². The molecular weight excluding hydrogens is 354 g/mol. The minimum absolute atomic E-state index is 0.0156. The Morgan fingerprint density at radius 2 is 1.89 bits per heavy atom. The van der Waals surface area contributed by atoms with E-state index < -0.39 is 0 Å². The predicted molar refractivity (Wildman–Crippen MR) is 108 cm³/mol. The van der Waals surface area contributed by atoms with Gasteiger partial charge in [-0.2, -0.15) is 0 Å². The van der Waals surface area contributed by atoms with Crippen molar-refractivity contribution >= 4 is 28.6 Å². The maximum absolute atomic E-state index is 12.7. The fraction of sp³-hybridized carbons (Fsp3) is 0.429. The first kappa shape index (κ1) is 18.4. The number of oxazole rings is 1. The van der Waals surface area contributed by atoms with E-state index in [2.05, 4.69) is 45.9 Å². The van der Waals surface area contributed by atoms with Crippen molar-refractivity contribution in [3.63, 3.8) is 0 Å². The van der Waals surface area contributed by atoms with Gasteiger partial charge in [-0.1, -0.05) is 20.8 Å². The van der Waals surface area contributed by atoms with E-state index in [1.165, 1.54) is 0 Å². The Hall–Kier alpha value is -2.96. The first-order chi connectivity index (χ1) is 13.4. The van der Waals surface area contributed by atoms with E-state index in [9.17, 15) is 4.79 Å². The Morgan fingerprint density at radius 1 is 1.18 bits per heavy atom. The van der Waals surface area contributed by atoms with Crippen LogP contribution in [0.3, 0.4) is 0 Å². The predicted octanol–water partition coefficient (Wildman–Crippen LogP) is 3.77. The summed E-state index contributed by atoms with van der Waals surface area (Å²) >= 11 is 0. The van der Waals surface area contributed by atoms with Crippen LogP contribution in [0.5, 0.6) is 0 Å². The second-order valence-electron chi connectivity index (χ2n) is 8.25. The summed E-state index contributed by atoms with van der Waals surface area (Å²) in [6.07, 6.45) is 5.05. The smallest absolute Gasteiger partial charge is 0.227 e. The van der Waals surface area contributed by atoms with Gasteiger partial charge in [-0.25, -0.2) is 15.0 Å². The summed E-state index contributed by atoms with van der Waals surface area (Å²) < 4.78 is 5.82. The maximum Gasteiger partial charge on any atom is 0.227 e. The average molecular weight is 379 g/mol. The van der Waals surface area contributed by atoms with Gasteiger partial charge in [0, 0.05) is 42.5 Å². The monoisotopic (exact) mass is 379 g/mol. The normalized spacial score (nSPS) is 15.8. The molecule has 7 nitrogen and oxygen atoms in total. The number of carbonyl (C=O) groups is 1. The minimum atomic E-state index is -0.154. The van der Waals surface area contributed by atoms with Gasteiger partial charge >= 0.3 is 0 Å². The fourth-order valence-corrected chi connectivity index (χ4v) is 3.37. The Balaban J connectivity index is 1.40. The number of fused-ring (bicyclic) bond motifs is 1. The number of hydrogen-bond donors (Lipinski definition) is 1. The molecule has 1 aromatic carbocycles. The van der Waals surface area contributed by atoms with Crippen molar-refractivity contribution in [3.05, 3.63) is 42.5 Å². The summed E-state index contributed by atoms with van der Waals surface area (Å²) in [6.45, 7) is 7.74. The van der Waals surface area contributed by atoms with Crippen molar-refractivity contribution in [2.24, 2.45) is 5.92 Å². The minimum Gasteiger partial charge on any atom is -0.440 e. The maximum atomic E-state index is 12.7. The second kappa shape index (κ2) is 7.22. The number of piperidine rings is 1. The molecule has 0 aliphatic carbocycles. The molecule has 7 heteroatoms. The highest BCUT2D eigenvalue weighted by molar-refractivity contribution is 5.94. The molecule has 1 fully saturated rings. The Kier molecular flexibility index (Phi) is 4.75. The van der Waals surface area contributed by atoms with Crippen LogP contribution in [0.2, 0.25) is 0 Å². The number of aromatic nitrogens is 3. The highest BCUT2D eigenvalue weighted by Gasteiger charge is 2.26. The molecule has 0 unspecified atom stereocenters. The molecule has 1 aliphatic heterocycles. The van der Waals surface area contributed by atoms with Crippen LogP contribution in [-0.4, -0.2) is 33.9 Å². The van der Waals surface area contributed by atoms with Crippen LogP contribution < -0.4 is 10.2 Å². The van der Waals surface area contributed by atoms with Gasteiger partial charge in [-0.3, -0.25) is 4.79 Å². The van der Waals surface area contributed by atoms with Gasteiger partial charge in [0.2, 0.25) is 17.7 Å². The Morgan fingerprint density at radius 3 is 2.57 bits per heavy atom. The summed E-state index contributed by atoms with van der Waals surface area (Å²) in [6, 6.07) is 7.41. The number of carbonyl (C=O) groups excluding carboxylic acids is 1. The van der Waals surface area contributed by atoms with Crippen molar-refractivity contribution in [1.29, 1.82) is 0 Å². The number of nitrogens with one attached hydrogen (secondary N) is 1. The van der Waals surface area contributed by atoms with E-state index in [-0.39, 0.29) is 17.2 Å². The average Bonchev–Trinajstić information content (AvgIpc) is 3.13. The molecule has 28 heavy (non-hydrogen) atoms. The molecule has 1 saturated heterocycles. The van der Waals surface area contributed by atoms with Gasteiger partial charge in [-0.15, -0.1) is 0 Å². The zero-order valence-electron chi connectivity index (χ0n) is 16.5. The van der Waals surface area contributed by atoms with Gasteiger partial charge < -0.3 is 14.6 Å². The lowest BCUT2D eigenvalue weighted by Gasteiger charge is -2.31. The standard InChI is InChI=1S/C21H25N5O2/c1-21(2,3)19-25-16-13-15(5-6-17(16)28-19)24-18(27)14-7-11-26(12-8-14)20-22-9-4-10-23-20/h4-6,9-10,13-14H,7-8,11-12H2,1-3H3,(H,24,27). The third-order valence-corrected chi connectivity index (χ3v) is 5.00. The molecule has 0 bridgehead atoms. The van der Waals surface area contributed by atoms with Gasteiger partial charge in [0.15, 0.2) is 5.58 Å². The number of anilines is 2. The number of amides is 1. The molecule has 1 amide bonds. The van der Waals surface area contributed by atoms with Crippen molar-refractivity contribution in [1.82, 2.24) is 15.0 Å². The number of nitrogens with zero attached hydrogens (tertiary/aromatic N) is 4. The molecule has 4 rings (SSSR count). The first-order valence-corrected chi connectivity index (χ1v) is 9.64. The lowest BCUT2D eigenvalue weighted by atomic mass is 9.96. The SMILES string of the molecule is CC(C)(C)c1nc2cc(NC(=O)C3CCN(c4ncccn4)CC3)ccc2o1. The van der Waals surface area contributed by atoms with Crippen molar-refractivity contribution in [2.45, 2.75) is 39.0 Å². The van der Waals surface area contributed by atoms with Gasteiger partial charge in [-0.05, 0) is 37.1 Å². The van der Waals surface area contributed by atoms with E-state index >= 15 is 0 Å². The van der Waals surface area contributed by atoms with Crippen molar-refractivity contribution < 1.29 is 9.21 Å². The van der Waals surface area contributed by atoms with Crippen LogP contribution in [0.1, 0.15) is 39.5 Å². The fourth-order valence-electron chi connectivity index (χ4n) is 3.37. The molecule has 1 N–H and O–H groups in total. The molecule has 1 aliphatic rings. The summed E-state index contributed by atoms with van der Waals surface area (Å²) in [4.78, 5) is 28.0. The van der Waals surface area contributed by atoms with Crippen LogP contribution in [0, 0.1) is 5.92 Å². The lowest BCUT2D eigenvalue weighted by Crippen LogP contribution is -2.39. The van der Waals surface area contributed by atoms with Crippen molar-refractivity contribution in [2.75, 3.05) is 23.3 Å². The molecule has 0 atom stereocenters. The van der Waals surface area contributed by atoms with E-state index in [0.717, 1.165) is 48.7 Å². The largest absolute Gasteiger partial charge is 0.440 e. The Bertz CT molecular complexity index is 969. The highest BCUT2D eigenvalue weighted by atomic mass is 16.3. The summed E-state index contributed by atoms with van der Waals surface area (Å²) in [5, 5.41) is 3.04. The second-order valence-corrected chi connectivity index (χ2v) is 8.25. The van der Waals surface area contributed by atoms with Crippen molar-refractivity contribution in [3.8, 4) is 0 Å². The number of rotatable bonds is 3. The molecule has 3 heterocycles. The van der Waals surface area contributed by atoms with Crippen LogP contribution in [-0.2, 0) is 10.2 Å². The van der Waals surface area contributed by atoms with Gasteiger partial charge in [0.05, 0.1) is 0 Å². The van der Waals surface area contributed by atoms with E-state index in [1.54, 1.807) is 18.5 Å². The zero-order chi connectivity index (χ0) is 19.7. The zero-order valence-corrected chi connectivity index (χ0v) is 16.5. The quantitative estimate of drug-likeness (QED) is 0.746. The number of hydrogen-bond acceptors (Lipinski definition) is 6. The molecule has 3 aromatic rings. The molecule has 0 spiro atoms. The molecular formula is C21H25N5O2. The molecule has 2 aromatic heterocycles. The van der Waals surface area contributed by atoms with E-state index in [4.69, 9.17) is 4.42 Å². The van der Waals surface area contributed by atoms with E-state index in [0.29, 0.717) is 5.89 Å². The van der Waals surface area contributed by atoms with Crippen LogP contribution >= 0.6 is 0 Å². The van der Waals surface area contributed by atoms with Crippen LogP contribution in [0.25, 0.3) is 11.1 Å². The third kappa shape index (κ3) is 3.83. The first-order valence-electron chi connectivity index (χ1n) is 9.64. The highest BCUT2D eigenvalue weighted by Crippen LogP contribution is 2.28. The Labute approximate surface area is 164 Å². The summed E-state index contributed by atoms with van der Waals surface area (Å²) in [7, 11) is 0. The van der Waals surface area contributed by atoms with Gasteiger partial charge in [0.25, 0.3) is 0 Å².